The van der Waals surface area contributed by atoms with Crippen molar-refractivity contribution < 1.29 is 19.0 Å². The van der Waals surface area contributed by atoms with Gasteiger partial charge in [0.15, 0.2) is 0 Å². The van der Waals surface area contributed by atoms with Gasteiger partial charge in [-0.25, -0.2) is 0 Å². The van der Waals surface area contributed by atoms with Crippen molar-refractivity contribution in [2.24, 2.45) is 0 Å². The van der Waals surface area contributed by atoms with Gasteiger partial charge in [0.05, 0.1) is 12.7 Å². The number of benzene rings is 2. The van der Waals surface area contributed by atoms with Gasteiger partial charge >= 0.3 is 0 Å². The number of nitrogens with zero attached hydrogens (tertiary/aromatic N) is 1. The van der Waals surface area contributed by atoms with Gasteiger partial charge in [-0.3, -0.25) is 9.69 Å². The van der Waals surface area contributed by atoms with Crippen molar-refractivity contribution >= 4 is 5.91 Å². The molecule has 4 rings (SSSR count). The highest BCUT2D eigenvalue weighted by Gasteiger charge is 2.28. The molecule has 1 atom stereocenters. The molecule has 1 aliphatic heterocycles. The predicted molar refractivity (Wildman–Crippen MR) is 120 cm³/mol. The molecule has 1 saturated heterocycles. The van der Waals surface area contributed by atoms with E-state index in [1.165, 1.54) is 0 Å². The van der Waals surface area contributed by atoms with Crippen LogP contribution >= 0.6 is 0 Å². The maximum Gasteiger partial charge on any atom is 0.255 e. The van der Waals surface area contributed by atoms with Crippen LogP contribution in [-0.2, 0) is 0 Å². The molecule has 2 fully saturated rings. The fourth-order valence-electron chi connectivity index (χ4n) is 3.86. The average Bonchev–Trinajstić information content (AvgIpc) is 3.62. The summed E-state index contributed by atoms with van der Waals surface area (Å²) in [4.78, 5) is 15.1. The summed E-state index contributed by atoms with van der Waals surface area (Å²) in [5, 5.41) is 3.05. The molecule has 0 unspecified atom stereocenters. The predicted octanol–water partition coefficient (Wildman–Crippen LogP) is 3.90. The lowest BCUT2D eigenvalue weighted by atomic mass is 10.1. The van der Waals surface area contributed by atoms with E-state index in [4.69, 9.17) is 14.2 Å². The minimum atomic E-state index is -0.0655. The molecule has 31 heavy (non-hydrogen) atoms. The van der Waals surface area contributed by atoms with Gasteiger partial charge in [0.2, 0.25) is 0 Å². The molecule has 6 nitrogen and oxygen atoms in total. The number of methoxy groups -OCH3 is 1. The molecule has 2 aliphatic rings. The Morgan fingerprint density at radius 1 is 1.06 bits per heavy atom. The molecule has 6 heteroatoms. The molecule has 1 aliphatic carbocycles. The monoisotopic (exact) mass is 424 g/mol. The Morgan fingerprint density at radius 2 is 1.81 bits per heavy atom. The van der Waals surface area contributed by atoms with Gasteiger partial charge < -0.3 is 19.5 Å². The van der Waals surface area contributed by atoms with Crippen molar-refractivity contribution in [3.63, 3.8) is 0 Å². The topological polar surface area (TPSA) is 60.0 Å². The molecule has 166 valence electrons. The number of para-hydroxylation sites is 1. The maximum absolute atomic E-state index is 12.6. The third-order valence-electron chi connectivity index (χ3n) is 5.97. The fourth-order valence-corrected chi connectivity index (χ4v) is 3.86. The SMILES string of the molecule is COc1ccc(C(=O)NC2CC2)c(OC2CCN([C@@H](C)COc3ccccc3)CC2)c1. The maximum atomic E-state index is 12.6. The van der Waals surface area contributed by atoms with E-state index in [0.29, 0.717) is 35.8 Å². The smallest absolute Gasteiger partial charge is 0.255 e. The summed E-state index contributed by atoms with van der Waals surface area (Å²) < 4.78 is 17.6. The van der Waals surface area contributed by atoms with Gasteiger partial charge in [-0.15, -0.1) is 0 Å². The summed E-state index contributed by atoms with van der Waals surface area (Å²) in [5.74, 6) is 2.14. The minimum Gasteiger partial charge on any atom is -0.497 e. The number of rotatable bonds is 9. The Balaban J connectivity index is 1.31. The zero-order chi connectivity index (χ0) is 21.6. The molecular weight excluding hydrogens is 392 g/mol. The molecule has 1 saturated carbocycles. The van der Waals surface area contributed by atoms with Crippen LogP contribution in [0.25, 0.3) is 0 Å². The van der Waals surface area contributed by atoms with Gasteiger partial charge in [0.25, 0.3) is 5.91 Å². The number of amides is 1. The first-order chi connectivity index (χ1) is 15.1. The van der Waals surface area contributed by atoms with Crippen LogP contribution in [0.3, 0.4) is 0 Å². The van der Waals surface area contributed by atoms with E-state index < -0.39 is 0 Å². The summed E-state index contributed by atoms with van der Waals surface area (Å²) in [6.07, 6.45) is 4.02. The van der Waals surface area contributed by atoms with Gasteiger partial charge in [-0.2, -0.15) is 0 Å². The minimum absolute atomic E-state index is 0.0655. The van der Waals surface area contributed by atoms with E-state index in [1.807, 2.05) is 42.5 Å². The zero-order valence-corrected chi connectivity index (χ0v) is 18.4. The lowest BCUT2D eigenvalue weighted by Crippen LogP contribution is -2.45. The second kappa shape index (κ2) is 10.1. The molecular formula is C25H32N2O4. The molecule has 0 bridgehead atoms. The first-order valence-corrected chi connectivity index (χ1v) is 11.2. The Morgan fingerprint density at radius 3 is 2.48 bits per heavy atom. The van der Waals surface area contributed by atoms with Crippen LogP contribution < -0.4 is 19.5 Å². The van der Waals surface area contributed by atoms with Crippen LogP contribution in [0.5, 0.6) is 17.2 Å². The highest BCUT2D eigenvalue weighted by Crippen LogP contribution is 2.29. The Labute approximate surface area is 184 Å². The van der Waals surface area contributed by atoms with Crippen LogP contribution in [0.4, 0.5) is 0 Å². The lowest BCUT2D eigenvalue weighted by Gasteiger charge is -2.36. The second-order valence-corrected chi connectivity index (χ2v) is 8.44. The highest BCUT2D eigenvalue weighted by atomic mass is 16.5. The van der Waals surface area contributed by atoms with E-state index in [9.17, 15) is 4.79 Å². The summed E-state index contributed by atoms with van der Waals surface area (Å²) in [6.45, 7) is 4.75. The van der Waals surface area contributed by atoms with E-state index in [2.05, 4.69) is 17.1 Å². The number of likely N-dealkylation sites (tertiary alicyclic amines) is 1. The molecule has 1 heterocycles. The van der Waals surface area contributed by atoms with Crippen molar-refractivity contribution in [2.45, 2.75) is 50.8 Å². The van der Waals surface area contributed by atoms with Crippen LogP contribution in [0.15, 0.2) is 48.5 Å². The van der Waals surface area contributed by atoms with Crippen molar-refractivity contribution in [2.75, 3.05) is 26.8 Å². The fraction of sp³-hybridized carbons (Fsp3) is 0.480. The third kappa shape index (κ3) is 5.91. The molecule has 1 amide bonds. The van der Waals surface area contributed by atoms with Crippen molar-refractivity contribution in [1.82, 2.24) is 10.2 Å². The van der Waals surface area contributed by atoms with Gasteiger partial charge in [-0.1, -0.05) is 18.2 Å². The van der Waals surface area contributed by atoms with Crippen molar-refractivity contribution in [1.29, 1.82) is 0 Å². The number of ether oxygens (including phenoxy) is 3. The standard InChI is InChI=1S/C25H32N2O4/c1-18(17-30-20-6-4-3-5-7-20)27-14-12-21(13-15-27)31-24-16-22(29-2)10-11-23(24)25(28)26-19-8-9-19/h3-7,10-11,16,18-19,21H,8-9,12-15,17H2,1-2H3,(H,26,28)/t18-/m0/s1. The zero-order valence-electron chi connectivity index (χ0n) is 18.4. The lowest BCUT2D eigenvalue weighted by molar-refractivity contribution is 0.0627. The Bertz CT molecular complexity index is 861. The number of piperidine rings is 1. The van der Waals surface area contributed by atoms with Gasteiger partial charge in [-0.05, 0) is 56.9 Å². The molecule has 2 aromatic rings. The summed E-state index contributed by atoms with van der Waals surface area (Å²) in [7, 11) is 1.63. The quantitative estimate of drug-likeness (QED) is 0.662. The van der Waals surface area contributed by atoms with Gasteiger partial charge in [0.1, 0.15) is 30.0 Å². The molecule has 2 aromatic carbocycles. The largest absolute Gasteiger partial charge is 0.497 e. The van der Waals surface area contributed by atoms with E-state index in [-0.39, 0.29) is 12.0 Å². The van der Waals surface area contributed by atoms with Crippen LogP contribution in [0, 0.1) is 0 Å². The number of nitrogens with one attached hydrogen (secondary N) is 1. The van der Waals surface area contributed by atoms with Gasteiger partial charge in [0, 0.05) is 31.2 Å². The number of carbonyl (C=O) groups is 1. The van der Waals surface area contributed by atoms with E-state index >= 15 is 0 Å². The van der Waals surface area contributed by atoms with E-state index in [0.717, 1.165) is 44.5 Å². The first kappa shape index (κ1) is 21.5. The normalized spacial score (nSPS) is 18.3. The number of carbonyl (C=O) groups excluding carboxylic acids is 1. The Hall–Kier alpha value is -2.73. The summed E-state index contributed by atoms with van der Waals surface area (Å²) >= 11 is 0. The highest BCUT2D eigenvalue weighted by molar-refractivity contribution is 5.97. The summed E-state index contributed by atoms with van der Waals surface area (Å²) in [5.41, 5.74) is 0.583. The third-order valence-corrected chi connectivity index (χ3v) is 5.97. The number of hydrogen-bond acceptors (Lipinski definition) is 5. The Kier molecular flexibility index (Phi) is 6.97. The van der Waals surface area contributed by atoms with Crippen LogP contribution in [0.1, 0.15) is 43.0 Å². The molecule has 0 aromatic heterocycles. The molecule has 0 radical (unpaired) electrons. The summed E-state index contributed by atoms with van der Waals surface area (Å²) in [6, 6.07) is 16.0. The van der Waals surface area contributed by atoms with Crippen molar-refractivity contribution in [3.8, 4) is 17.2 Å². The van der Waals surface area contributed by atoms with Crippen LogP contribution in [-0.4, -0.2) is 55.8 Å². The first-order valence-electron chi connectivity index (χ1n) is 11.2. The molecule has 0 spiro atoms. The second-order valence-electron chi connectivity index (χ2n) is 8.44. The van der Waals surface area contributed by atoms with Crippen LogP contribution in [0.2, 0.25) is 0 Å². The van der Waals surface area contributed by atoms with Crippen molar-refractivity contribution in [3.05, 3.63) is 54.1 Å². The average molecular weight is 425 g/mol. The van der Waals surface area contributed by atoms with E-state index in [1.54, 1.807) is 13.2 Å². The molecule has 1 N–H and O–H groups in total. The number of hydrogen-bond donors (Lipinski definition) is 1.